The van der Waals surface area contributed by atoms with E-state index in [1.165, 1.54) is 11.3 Å². The highest BCUT2D eigenvalue weighted by molar-refractivity contribution is 9.10. The zero-order chi connectivity index (χ0) is 14.0. The van der Waals surface area contributed by atoms with Crippen LogP contribution in [0.1, 0.15) is 20.4 Å². The Labute approximate surface area is 123 Å². The van der Waals surface area contributed by atoms with Gasteiger partial charge in [-0.25, -0.2) is 4.98 Å². The Morgan fingerprint density at radius 1 is 1.63 bits per heavy atom. The van der Waals surface area contributed by atoms with Gasteiger partial charge >= 0.3 is 0 Å². The number of nitrogens with one attached hydrogen (secondary N) is 1. The van der Waals surface area contributed by atoms with Crippen LogP contribution < -0.4 is 10.1 Å². The summed E-state index contributed by atoms with van der Waals surface area (Å²) in [4.78, 5) is 17.9. The van der Waals surface area contributed by atoms with Crippen molar-refractivity contribution in [3.05, 3.63) is 32.4 Å². The van der Waals surface area contributed by atoms with E-state index in [1.54, 1.807) is 13.3 Å². The molecule has 0 bridgehead atoms. The van der Waals surface area contributed by atoms with Gasteiger partial charge in [0.1, 0.15) is 10.7 Å². The quantitative estimate of drug-likeness (QED) is 0.927. The average Bonchev–Trinajstić information content (AvgIpc) is 2.92. The second kappa shape index (κ2) is 5.75. The van der Waals surface area contributed by atoms with Gasteiger partial charge in [0.05, 0.1) is 18.1 Å². The van der Waals surface area contributed by atoms with Crippen LogP contribution >= 0.6 is 27.3 Å². The molecule has 2 aromatic rings. The highest BCUT2D eigenvalue weighted by Crippen LogP contribution is 2.38. The van der Waals surface area contributed by atoms with Gasteiger partial charge in [0, 0.05) is 24.3 Å². The van der Waals surface area contributed by atoms with Crippen LogP contribution in [0.5, 0.6) is 5.75 Å². The van der Waals surface area contributed by atoms with Gasteiger partial charge in [0.2, 0.25) is 0 Å². The van der Waals surface area contributed by atoms with E-state index in [-0.39, 0.29) is 5.91 Å². The van der Waals surface area contributed by atoms with Crippen molar-refractivity contribution in [2.45, 2.75) is 13.5 Å². The van der Waals surface area contributed by atoms with Crippen LogP contribution in [0.3, 0.4) is 0 Å². The summed E-state index contributed by atoms with van der Waals surface area (Å²) in [5.41, 5.74) is 0. The van der Waals surface area contributed by atoms with E-state index in [4.69, 9.17) is 4.74 Å². The number of hydrogen-bond donors (Lipinski definition) is 1. The van der Waals surface area contributed by atoms with Gasteiger partial charge in [0.25, 0.3) is 5.91 Å². The Balaban J connectivity index is 2.12. The first-order valence-corrected chi connectivity index (χ1v) is 7.22. The van der Waals surface area contributed by atoms with Gasteiger partial charge in [-0.05, 0) is 22.9 Å². The lowest BCUT2D eigenvalue weighted by Gasteiger charge is -2.06. The fraction of sp³-hybridized carbons (Fsp3) is 0.333. The van der Waals surface area contributed by atoms with Crippen molar-refractivity contribution in [2.75, 3.05) is 7.11 Å². The molecule has 19 heavy (non-hydrogen) atoms. The van der Waals surface area contributed by atoms with Crippen molar-refractivity contribution in [3.8, 4) is 5.75 Å². The predicted molar refractivity (Wildman–Crippen MR) is 77.7 cm³/mol. The van der Waals surface area contributed by atoms with Crippen molar-refractivity contribution in [3.63, 3.8) is 0 Å². The summed E-state index contributed by atoms with van der Waals surface area (Å²) in [6.45, 7) is 2.33. The molecule has 7 heteroatoms. The minimum Gasteiger partial charge on any atom is -0.494 e. The van der Waals surface area contributed by atoms with E-state index >= 15 is 0 Å². The molecule has 1 N–H and O–H groups in total. The minimum atomic E-state index is -0.154. The molecular weight excluding hydrogens is 330 g/mol. The topological polar surface area (TPSA) is 56.1 Å². The maximum Gasteiger partial charge on any atom is 0.265 e. The number of carbonyl (C=O) groups is 1. The molecule has 0 aliphatic carbocycles. The highest BCUT2D eigenvalue weighted by atomic mass is 79.9. The van der Waals surface area contributed by atoms with Crippen LogP contribution in [0.2, 0.25) is 0 Å². The molecule has 0 fully saturated rings. The Morgan fingerprint density at radius 3 is 2.95 bits per heavy atom. The molecule has 2 rings (SSSR count). The molecule has 0 spiro atoms. The molecule has 0 aromatic carbocycles. The highest BCUT2D eigenvalue weighted by Gasteiger charge is 2.20. The molecule has 102 valence electrons. The van der Waals surface area contributed by atoms with Crippen LogP contribution in [0.25, 0.3) is 0 Å². The SMILES string of the molecule is COc1c(C(=O)NCc2nccn2C)sc(C)c1Br. The zero-order valence-corrected chi connectivity index (χ0v) is 13.3. The molecule has 5 nitrogen and oxygen atoms in total. The lowest BCUT2D eigenvalue weighted by molar-refractivity contribution is 0.0951. The maximum atomic E-state index is 12.2. The van der Waals surface area contributed by atoms with E-state index in [0.29, 0.717) is 17.2 Å². The van der Waals surface area contributed by atoms with E-state index in [0.717, 1.165) is 15.2 Å². The molecule has 0 radical (unpaired) electrons. The van der Waals surface area contributed by atoms with E-state index in [1.807, 2.05) is 24.7 Å². The van der Waals surface area contributed by atoms with Gasteiger partial charge in [-0.3, -0.25) is 4.79 Å². The lowest BCUT2D eigenvalue weighted by Crippen LogP contribution is -2.23. The summed E-state index contributed by atoms with van der Waals surface area (Å²) in [6.07, 6.45) is 3.54. The molecule has 2 heterocycles. The number of halogens is 1. The third-order valence-corrected chi connectivity index (χ3v) is 5.01. The van der Waals surface area contributed by atoms with Crippen molar-refractivity contribution in [1.29, 1.82) is 0 Å². The molecule has 0 saturated heterocycles. The van der Waals surface area contributed by atoms with Crippen LogP contribution in [0.4, 0.5) is 0 Å². The second-order valence-corrected chi connectivity index (χ2v) is 5.99. The van der Waals surface area contributed by atoms with Gasteiger partial charge in [-0.1, -0.05) is 0 Å². The summed E-state index contributed by atoms with van der Waals surface area (Å²) in [5.74, 6) is 1.23. The van der Waals surface area contributed by atoms with Gasteiger partial charge < -0.3 is 14.6 Å². The molecule has 2 aromatic heterocycles. The number of aromatic nitrogens is 2. The van der Waals surface area contributed by atoms with E-state index in [9.17, 15) is 4.79 Å². The Morgan fingerprint density at radius 2 is 2.37 bits per heavy atom. The number of methoxy groups -OCH3 is 1. The molecule has 0 aliphatic rings. The smallest absolute Gasteiger partial charge is 0.265 e. The number of carbonyl (C=O) groups excluding carboxylic acids is 1. The number of imidazole rings is 1. The van der Waals surface area contributed by atoms with Crippen molar-refractivity contribution < 1.29 is 9.53 Å². The third kappa shape index (κ3) is 2.82. The fourth-order valence-electron chi connectivity index (χ4n) is 1.64. The summed E-state index contributed by atoms with van der Waals surface area (Å²) < 4.78 is 7.96. The van der Waals surface area contributed by atoms with E-state index < -0.39 is 0 Å². The normalized spacial score (nSPS) is 10.5. The Hall–Kier alpha value is -1.34. The van der Waals surface area contributed by atoms with Crippen LogP contribution in [-0.2, 0) is 13.6 Å². The average molecular weight is 344 g/mol. The predicted octanol–water partition coefficient (Wildman–Crippen LogP) is 2.49. The second-order valence-electron chi connectivity index (χ2n) is 3.97. The minimum absolute atomic E-state index is 0.154. The third-order valence-electron chi connectivity index (χ3n) is 2.71. The standard InChI is InChI=1S/C12H14BrN3O2S/c1-7-9(13)10(18-3)11(19-7)12(17)15-6-8-14-4-5-16(8)2/h4-5H,6H2,1-3H3,(H,15,17). The zero-order valence-electron chi connectivity index (χ0n) is 10.9. The molecule has 0 unspecified atom stereocenters. The Kier molecular flexibility index (Phi) is 4.26. The number of thiophene rings is 1. The van der Waals surface area contributed by atoms with Gasteiger partial charge in [0.15, 0.2) is 5.75 Å². The number of hydrogen-bond acceptors (Lipinski definition) is 4. The molecule has 1 amide bonds. The molecule has 0 atom stereocenters. The molecular formula is C12H14BrN3O2S. The van der Waals surface area contributed by atoms with Crippen molar-refractivity contribution in [1.82, 2.24) is 14.9 Å². The molecule has 0 aliphatic heterocycles. The monoisotopic (exact) mass is 343 g/mol. The van der Waals surface area contributed by atoms with Gasteiger partial charge in [-0.15, -0.1) is 11.3 Å². The summed E-state index contributed by atoms with van der Waals surface area (Å²) in [7, 11) is 3.45. The number of ether oxygens (including phenoxy) is 1. The largest absolute Gasteiger partial charge is 0.494 e. The van der Waals surface area contributed by atoms with Crippen molar-refractivity contribution >= 4 is 33.2 Å². The number of nitrogens with zero attached hydrogens (tertiary/aromatic N) is 2. The van der Waals surface area contributed by atoms with Crippen LogP contribution in [-0.4, -0.2) is 22.6 Å². The fourth-order valence-corrected chi connectivity index (χ4v) is 3.31. The van der Waals surface area contributed by atoms with Crippen molar-refractivity contribution in [2.24, 2.45) is 7.05 Å². The first kappa shape index (κ1) is 14.1. The van der Waals surface area contributed by atoms with E-state index in [2.05, 4.69) is 26.2 Å². The Bertz CT molecular complexity index is 606. The first-order chi connectivity index (χ1) is 9.04. The summed E-state index contributed by atoms with van der Waals surface area (Å²) in [6, 6.07) is 0. The maximum absolute atomic E-state index is 12.2. The van der Waals surface area contributed by atoms with Crippen LogP contribution in [0, 0.1) is 6.92 Å². The summed E-state index contributed by atoms with van der Waals surface area (Å²) >= 11 is 4.82. The number of rotatable bonds is 4. The van der Waals surface area contributed by atoms with Crippen LogP contribution in [0.15, 0.2) is 16.9 Å². The first-order valence-electron chi connectivity index (χ1n) is 5.61. The summed E-state index contributed by atoms with van der Waals surface area (Å²) in [5, 5.41) is 2.84. The molecule has 0 saturated carbocycles. The number of amides is 1. The lowest BCUT2D eigenvalue weighted by atomic mass is 10.3. The number of aryl methyl sites for hydroxylation is 2. The van der Waals surface area contributed by atoms with Gasteiger partial charge in [-0.2, -0.15) is 0 Å².